The summed E-state index contributed by atoms with van der Waals surface area (Å²) in [4.78, 5) is 24.9. The molecule has 20 heavy (non-hydrogen) atoms. The van der Waals surface area contributed by atoms with Crippen molar-refractivity contribution in [2.75, 3.05) is 0 Å². The van der Waals surface area contributed by atoms with E-state index >= 15 is 0 Å². The molecule has 1 unspecified atom stereocenters. The lowest BCUT2D eigenvalue weighted by molar-refractivity contribution is -0.129. The monoisotopic (exact) mass is 316 g/mol. The molecule has 1 aromatic carbocycles. The normalized spacial score (nSPS) is 12.2. The molecule has 0 aliphatic heterocycles. The molecule has 0 aliphatic carbocycles. The summed E-state index contributed by atoms with van der Waals surface area (Å²) in [5.41, 5.74) is -0.202. The topological polar surface area (TPSA) is 111 Å². The summed E-state index contributed by atoms with van der Waals surface area (Å²) in [6.45, 7) is -0.0249. The minimum atomic E-state index is -1.42. The molecule has 2 aromatic rings. The molecule has 0 aliphatic rings. The Morgan fingerprint density at radius 3 is 2.55 bits per heavy atom. The first-order valence-electron chi connectivity index (χ1n) is 5.51. The third kappa shape index (κ3) is 3.60. The van der Waals surface area contributed by atoms with Crippen LogP contribution in [0.15, 0.2) is 23.0 Å². The number of nitrogens with zero attached hydrogens (tertiary/aromatic N) is 1. The van der Waals surface area contributed by atoms with E-state index in [2.05, 4.69) is 20.5 Å². The van der Waals surface area contributed by atoms with Crippen molar-refractivity contribution in [2.45, 2.75) is 12.6 Å². The Kier molecular flexibility index (Phi) is 4.43. The molecule has 0 spiro atoms. The number of nitrogens with one attached hydrogen (secondary N) is 3. The van der Waals surface area contributed by atoms with Gasteiger partial charge in [-0.25, -0.2) is 9.89 Å². The van der Waals surface area contributed by atoms with E-state index < -0.39 is 17.7 Å². The smallest absolute Gasteiger partial charge is 0.340 e. The van der Waals surface area contributed by atoms with Crippen molar-refractivity contribution in [3.8, 4) is 0 Å². The highest BCUT2D eigenvalue weighted by atomic mass is 35.5. The summed E-state index contributed by atoms with van der Waals surface area (Å²) in [6, 6.07) is 4.37. The van der Waals surface area contributed by atoms with Crippen LogP contribution in [0.25, 0.3) is 0 Å². The predicted octanol–water partition coefficient (Wildman–Crippen LogP) is 0.755. The van der Waals surface area contributed by atoms with Crippen LogP contribution in [0.3, 0.4) is 0 Å². The van der Waals surface area contributed by atoms with Crippen LogP contribution in [0.2, 0.25) is 10.0 Å². The number of halogens is 2. The molecule has 0 saturated heterocycles. The van der Waals surface area contributed by atoms with Crippen molar-refractivity contribution < 1.29 is 9.90 Å². The van der Waals surface area contributed by atoms with Crippen LogP contribution in [-0.4, -0.2) is 26.2 Å². The fourth-order valence-electron chi connectivity index (χ4n) is 1.54. The average Bonchev–Trinajstić information content (AvgIpc) is 2.79. The third-order valence-electron chi connectivity index (χ3n) is 2.43. The van der Waals surface area contributed by atoms with Crippen LogP contribution in [0.1, 0.15) is 17.5 Å². The van der Waals surface area contributed by atoms with E-state index in [4.69, 9.17) is 23.2 Å². The fourth-order valence-corrected chi connectivity index (χ4v) is 2.08. The highest BCUT2D eigenvalue weighted by Gasteiger charge is 2.18. The highest BCUT2D eigenvalue weighted by molar-refractivity contribution is 6.34. The van der Waals surface area contributed by atoms with E-state index in [1.807, 2.05) is 0 Å². The Hall–Kier alpha value is -1.83. The summed E-state index contributed by atoms with van der Waals surface area (Å²) in [7, 11) is 0. The molecule has 106 valence electrons. The Morgan fingerprint density at radius 2 is 2.00 bits per heavy atom. The summed E-state index contributed by atoms with van der Waals surface area (Å²) in [5, 5.41) is 18.7. The lowest BCUT2D eigenvalue weighted by Crippen LogP contribution is -2.29. The van der Waals surface area contributed by atoms with Crippen molar-refractivity contribution in [3.63, 3.8) is 0 Å². The van der Waals surface area contributed by atoms with E-state index in [9.17, 15) is 14.7 Å². The van der Waals surface area contributed by atoms with E-state index in [1.165, 1.54) is 18.2 Å². The SMILES string of the molecule is O=C(NCc1n[nH]c(=O)[nH]1)C(O)c1cc(Cl)cc(Cl)c1. The van der Waals surface area contributed by atoms with Gasteiger partial charge in [-0.15, -0.1) is 0 Å². The molecule has 4 N–H and O–H groups in total. The third-order valence-corrected chi connectivity index (χ3v) is 2.87. The lowest BCUT2D eigenvalue weighted by Gasteiger charge is -2.11. The Bertz CT molecular complexity index is 662. The van der Waals surface area contributed by atoms with Crippen molar-refractivity contribution in [1.29, 1.82) is 0 Å². The standard InChI is InChI=1S/C11H10Cl2N4O3/c12-6-1-5(2-7(13)3-6)9(18)10(19)14-4-8-15-11(20)17-16-8/h1-3,9,18H,4H2,(H,14,19)(H2,15,16,17,20). The minimum absolute atomic E-state index is 0.0249. The molecular weight excluding hydrogens is 307 g/mol. The number of hydrogen-bond acceptors (Lipinski definition) is 4. The van der Waals surface area contributed by atoms with E-state index in [-0.39, 0.29) is 17.9 Å². The zero-order valence-electron chi connectivity index (χ0n) is 9.98. The lowest BCUT2D eigenvalue weighted by atomic mass is 10.1. The van der Waals surface area contributed by atoms with E-state index in [1.54, 1.807) is 0 Å². The van der Waals surface area contributed by atoms with Gasteiger partial charge in [-0.1, -0.05) is 23.2 Å². The molecule has 1 aromatic heterocycles. The maximum absolute atomic E-state index is 11.8. The number of amides is 1. The summed E-state index contributed by atoms with van der Waals surface area (Å²) >= 11 is 11.6. The number of aromatic nitrogens is 3. The molecule has 1 amide bonds. The fraction of sp³-hybridized carbons (Fsp3) is 0.182. The van der Waals surface area contributed by atoms with Gasteiger partial charge in [0.05, 0.1) is 6.54 Å². The van der Waals surface area contributed by atoms with Gasteiger partial charge in [0.1, 0.15) is 5.82 Å². The summed E-state index contributed by atoms with van der Waals surface area (Å²) < 4.78 is 0. The number of aromatic amines is 2. The molecule has 1 atom stereocenters. The predicted molar refractivity (Wildman–Crippen MR) is 72.5 cm³/mol. The van der Waals surface area contributed by atoms with Gasteiger partial charge in [0.15, 0.2) is 6.10 Å². The Morgan fingerprint density at radius 1 is 1.35 bits per heavy atom. The Balaban J connectivity index is 2.02. The van der Waals surface area contributed by atoms with Gasteiger partial charge in [-0.2, -0.15) is 5.10 Å². The van der Waals surface area contributed by atoms with Gasteiger partial charge in [-0.3, -0.25) is 9.78 Å². The highest BCUT2D eigenvalue weighted by Crippen LogP contribution is 2.23. The van der Waals surface area contributed by atoms with Gasteiger partial charge in [0, 0.05) is 10.0 Å². The first-order valence-corrected chi connectivity index (χ1v) is 6.26. The van der Waals surface area contributed by atoms with Crippen molar-refractivity contribution in [2.24, 2.45) is 0 Å². The van der Waals surface area contributed by atoms with Gasteiger partial charge in [0.25, 0.3) is 5.91 Å². The number of carbonyl (C=O) groups excluding carboxylic acids is 1. The van der Waals surface area contributed by atoms with Gasteiger partial charge in [-0.05, 0) is 23.8 Å². The van der Waals surface area contributed by atoms with Gasteiger partial charge >= 0.3 is 5.69 Å². The average molecular weight is 317 g/mol. The van der Waals surface area contributed by atoms with Gasteiger partial charge in [0.2, 0.25) is 0 Å². The number of benzene rings is 1. The van der Waals surface area contributed by atoms with Crippen molar-refractivity contribution in [3.05, 3.63) is 50.1 Å². The molecule has 1 heterocycles. The first kappa shape index (κ1) is 14.6. The minimum Gasteiger partial charge on any atom is -0.378 e. The molecule has 2 rings (SSSR count). The molecule has 0 fully saturated rings. The van der Waals surface area contributed by atoms with Gasteiger partial charge < -0.3 is 10.4 Å². The molecule has 0 saturated carbocycles. The van der Waals surface area contributed by atoms with E-state index in [0.29, 0.717) is 10.0 Å². The maximum Gasteiger partial charge on any atom is 0.340 e. The number of rotatable bonds is 4. The molecule has 9 heteroatoms. The molecular formula is C11H10Cl2N4O3. The quantitative estimate of drug-likeness (QED) is 0.667. The largest absolute Gasteiger partial charge is 0.378 e. The maximum atomic E-state index is 11.8. The molecule has 7 nitrogen and oxygen atoms in total. The number of aliphatic hydroxyl groups excluding tert-OH is 1. The zero-order valence-corrected chi connectivity index (χ0v) is 11.5. The second-order valence-corrected chi connectivity index (χ2v) is 4.82. The summed E-state index contributed by atoms with van der Waals surface area (Å²) in [6.07, 6.45) is -1.42. The van der Waals surface area contributed by atoms with Crippen molar-refractivity contribution in [1.82, 2.24) is 20.5 Å². The first-order chi connectivity index (χ1) is 9.45. The van der Waals surface area contributed by atoms with Crippen LogP contribution in [0.4, 0.5) is 0 Å². The second kappa shape index (κ2) is 6.08. The Labute approximate surface area is 122 Å². The van der Waals surface area contributed by atoms with Crippen LogP contribution in [-0.2, 0) is 11.3 Å². The van der Waals surface area contributed by atoms with E-state index in [0.717, 1.165) is 0 Å². The number of H-pyrrole nitrogens is 2. The molecule has 0 bridgehead atoms. The number of aliphatic hydroxyl groups is 1. The second-order valence-electron chi connectivity index (χ2n) is 3.95. The summed E-state index contributed by atoms with van der Waals surface area (Å²) in [5.74, 6) is -0.410. The van der Waals surface area contributed by atoms with Crippen molar-refractivity contribution >= 4 is 29.1 Å². The van der Waals surface area contributed by atoms with Crippen LogP contribution in [0.5, 0.6) is 0 Å². The van der Waals surface area contributed by atoms with Crippen LogP contribution < -0.4 is 11.0 Å². The van der Waals surface area contributed by atoms with Crippen LogP contribution >= 0.6 is 23.2 Å². The van der Waals surface area contributed by atoms with Crippen LogP contribution in [0, 0.1) is 0 Å². The number of carbonyl (C=O) groups is 1. The number of hydrogen-bond donors (Lipinski definition) is 4. The molecule has 0 radical (unpaired) electrons. The zero-order chi connectivity index (χ0) is 14.7.